The van der Waals surface area contributed by atoms with E-state index in [9.17, 15) is 0 Å². The molecule has 0 aliphatic rings. The van der Waals surface area contributed by atoms with Crippen LogP contribution >= 0.6 is 0 Å². The van der Waals surface area contributed by atoms with Crippen LogP contribution in [0.15, 0.2) is 24.3 Å². The highest BCUT2D eigenvalue weighted by Gasteiger charge is 2.15. The van der Waals surface area contributed by atoms with E-state index in [0.29, 0.717) is 0 Å². The molecule has 1 heterocycles. The molecular weight excluding hydrogens is 222 g/mol. The first-order valence-electron chi connectivity index (χ1n) is 6.98. The van der Waals surface area contributed by atoms with Crippen molar-refractivity contribution in [3.8, 4) is 0 Å². The first kappa shape index (κ1) is 13.1. The molecule has 0 aliphatic carbocycles. The number of para-hydroxylation sites is 2. The van der Waals surface area contributed by atoms with Crippen LogP contribution in [0.3, 0.4) is 0 Å². The SMILES string of the molecule is CCCCC(N)c1nc2ccccc2n1CCC. The van der Waals surface area contributed by atoms with Crippen molar-refractivity contribution >= 4 is 11.0 Å². The zero-order chi connectivity index (χ0) is 13.0. The van der Waals surface area contributed by atoms with Gasteiger partial charge >= 0.3 is 0 Å². The monoisotopic (exact) mass is 245 g/mol. The Hall–Kier alpha value is -1.35. The van der Waals surface area contributed by atoms with Crippen molar-refractivity contribution in [2.75, 3.05) is 0 Å². The number of benzene rings is 1. The van der Waals surface area contributed by atoms with E-state index < -0.39 is 0 Å². The van der Waals surface area contributed by atoms with Crippen LogP contribution in [0.5, 0.6) is 0 Å². The summed E-state index contributed by atoms with van der Waals surface area (Å²) in [5.74, 6) is 1.05. The van der Waals surface area contributed by atoms with Crippen LogP contribution < -0.4 is 5.73 Å². The highest BCUT2D eigenvalue weighted by molar-refractivity contribution is 5.76. The smallest absolute Gasteiger partial charge is 0.126 e. The highest BCUT2D eigenvalue weighted by Crippen LogP contribution is 2.22. The van der Waals surface area contributed by atoms with Crippen LogP contribution in [-0.4, -0.2) is 9.55 Å². The van der Waals surface area contributed by atoms with Crippen molar-refractivity contribution in [1.82, 2.24) is 9.55 Å². The van der Waals surface area contributed by atoms with Crippen molar-refractivity contribution in [3.05, 3.63) is 30.1 Å². The number of rotatable bonds is 6. The first-order chi connectivity index (χ1) is 8.77. The molecule has 0 spiro atoms. The lowest BCUT2D eigenvalue weighted by Gasteiger charge is -2.13. The van der Waals surface area contributed by atoms with Gasteiger partial charge in [-0.15, -0.1) is 0 Å². The molecule has 3 heteroatoms. The van der Waals surface area contributed by atoms with E-state index in [1.165, 1.54) is 11.9 Å². The Morgan fingerprint density at radius 2 is 2.00 bits per heavy atom. The molecule has 2 rings (SSSR count). The quantitative estimate of drug-likeness (QED) is 0.844. The van der Waals surface area contributed by atoms with Crippen molar-refractivity contribution < 1.29 is 0 Å². The fourth-order valence-electron chi connectivity index (χ4n) is 2.39. The predicted octanol–water partition coefficient (Wildman–Crippen LogP) is 3.64. The number of nitrogens with zero attached hydrogens (tertiary/aromatic N) is 2. The summed E-state index contributed by atoms with van der Waals surface area (Å²) in [6, 6.07) is 8.36. The van der Waals surface area contributed by atoms with Gasteiger partial charge in [0.05, 0.1) is 17.1 Å². The molecule has 0 amide bonds. The van der Waals surface area contributed by atoms with Crippen LogP contribution in [0.2, 0.25) is 0 Å². The molecule has 1 aromatic heterocycles. The number of nitrogens with two attached hydrogens (primary N) is 1. The standard InChI is InChI=1S/C15H23N3/c1-3-5-8-12(16)15-17-13-9-6-7-10-14(13)18(15)11-4-2/h6-7,9-10,12H,3-5,8,11,16H2,1-2H3. The maximum atomic E-state index is 6.29. The molecule has 1 atom stereocenters. The van der Waals surface area contributed by atoms with Crippen LogP contribution in [-0.2, 0) is 6.54 Å². The number of hydrogen-bond donors (Lipinski definition) is 1. The first-order valence-corrected chi connectivity index (χ1v) is 6.98. The fourth-order valence-corrected chi connectivity index (χ4v) is 2.39. The maximum absolute atomic E-state index is 6.29. The van der Waals surface area contributed by atoms with Crippen LogP contribution in [0, 0.1) is 0 Å². The third-order valence-corrected chi connectivity index (χ3v) is 3.33. The molecule has 1 unspecified atom stereocenters. The largest absolute Gasteiger partial charge is 0.327 e. The highest BCUT2D eigenvalue weighted by atomic mass is 15.1. The van der Waals surface area contributed by atoms with Crippen LogP contribution in [0.25, 0.3) is 11.0 Å². The van der Waals surface area contributed by atoms with Gasteiger partial charge in [-0.1, -0.05) is 38.8 Å². The summed E-state index contributed by atoms with van der Waals surface area (Å²) in [7, 11) is 0. The molecule has 2 aromatic rings. The zero-order valence-electron chi connectivity index (χ0n) is 11.4. The lowest BCUT2D eigenvalue weighted by atomic mass is 10.1. The van der Waals surface area contributed by atoms with Gasteiger partial charge in [-0.05, 0) is 25.0 Å². The van der Waals surface area contributed by atoms with Crippen LogP contribution in [0.4, 0.5) is 0 Å². The minimum atomic E-state index is 0.0592. The molecule has 18 heavy (non-hydrogen) atoms. The van der Waals surface area contributed by atoms with Crippen LogP contribution in [0.1, 0.15) is 51.4 Å². The van der Waals surface area contributed by atoms with Gasteiger partial charge in [0.2, 0.25) is 0 Å². The predicted molar refractivity (Wildman–Crippen MR) is 76.5 cm³/mol. The normalized spacial score (nSPS) is 13.1. The van der Waals surface area contributed by atoms with Crippen molar-refractivity contribution in [3.63, 3.8) is 0 Å². The zero-order valence-corrected chi connectivity index (χ0v) is 11.4. The van der Waals surface area contributed by atoms with Gasteiger partial charge in [-0.2, -0.15) is 0 Å². The summed E-state index contributed by atoms with van der Waals surface area (Å²) in [5.41, 5.74) is 8.57. The Balaban J connectivity index is 2.38. The minimum absolute atomic E-state index is 0.0592. The number of fused-ring (bicyclic) bond motifs is 1. The van der Waals surface area contributed by atoms with Gasteiger partial charge in [0, 0.05) is 6.54 Å². The number of unbranched alkanes of at least 4 members (excludes halogenated alkanes) is 1. The second kappa shape index (κ2) is 6.01. The number of aryl methyl sites for hydroxylation is 1. The summed E-state index contributed by atoms with van der Waals surface area (Å²) >= 11 is 0. The van der Waals surface area contributed by atoms with E-state index in [1.807, 2.05) is 6.07 Å². The summed E-state index contributed by atoms with van der Waals surface area (Å²) in [5, 5.41) is 0. The summed E-state index contributed by atoms with van der Waals surface area (Å²) in [4.78, 5) is 4.72. The lowest BCUT2D eigenvalue weighted by Crippen LogP contribution is -2.16. The number of aromatic nitrogens is 2. The Morgan fingerprint density at radius 1 is 1.22 bits per heavy atom. The van der Waals surface area contributed by atoms with Crippen molar-refractivity contribution in [1.29, 1.82) is 0 Å². The minimum Gasteiger partial charge on any atom is -0.327 e. The van der Waals surface area contributed by atoms with Gasteiger partial charge < -0.3 is 10.3 Å². The molecular formula is C15H23N3. The van der Waals surface area contributed by atoms with E-state index in [-0.39, 0.29) is 6.04 Å². The molecule has 2 N–H and O–H groups in total. The molecule has 0 aliphatic heterocycles. The Kier molecular flexibility index (Phi) is 4.37. The molecule has 0 saturated carbocycles. The maximum Gasteiger partial charge on any atom is 0.126 e. The van der Waals surface area contributed by atoms with E-state index >= 15 is 0 Å². The average molecular weight is 245 g/mol. The Bertz CT molecular complexity index is 501. The van der Waals surface area contributed by atoms with Crippen molar-refractivity contribution in [2.45, 2.75) is 52.1 Å². The molecule has 0 bridgehead atoms. The summed E-state index contributed by atoms with van der Waals surface area (Å²) < 4.78 is 2.29. The van der Waals surface area contributed by atoms with Gasteiger partial charge in [-0.3, -0.25) is 0 Å². The second-order valence-electron chi connectivity index (χ2n) is 4.86. The molecule has 98 valence electrons. The molecule has 1 aromatic carbocycles. The van der Waals surface area contributed by atoms with E-state index in [0.717, 1.165) is 37.1 Å². The summed E-state index contributed by atoms with van der Waals surface area (Å²) in [6.07, 6.45) is 4.47. The van der Waals surface area contributed by atoms with Gasteiger partial charge in [-0.25, -0.2) is 4.98 Å². The third kappa shape index (κ3) is 2.56. The average Bonchev–Trinajstić information content (AvgIpc) is 2.76. The Labute approximate surface area is 109 Å². The van der Waals surface area contributed by atoms with Gasteiger partial charge in [0.15, 0.2) is 0 Å². The molecule has 0 fully saturated rings. The number of hydrogen-bond acceptors (Lipinski definition) is 2. The van der Waals surface area contributed by atoms with Gasteiger partial charge in [0.25, 0.3) is 0 Å². The third-order valence-electron chi connectivity index (χ3n) is 3.33. The van der Waals surface area contributed by atoms with E-state index in [4.69, 9.17) is 10.7 Å². The molecule has 0 saturated heterocycles. The number of imidazole rings is 1. The lowest BCUT2D eigenvalue weighted by molar-refractivity contribution is 0.536. The summed E-state index contributed by atoms with van der Waals surface area (Å²) in [6.45, 7) is 5.38. The Morgan fingerprint density at radius 3 is 2.72 bits per heavy atom. The molecule has 3 nitrogen and oxygen atoms in total. The second-order valence-corrected chi connectivity index (χ2v) is 4.86. The fraction of sp³-hybridized carbons (Fsp3) is 0.533. The van der Waals surface area contributed by atoms with E-state index in [2.05, 4.69) is 36.6 Å². The van der Waals surface area contributed by atoms with Crippen molar-refractivity contribution in [2.24, 2.45) is 5.73 Å². The molecule has 0 radical (unpaired) electrons. The van der Waals surface area contributed by atoms with E-state index in [1.54, 1.807) is 0 Å². The van der Waals surface area contributed by atoms with Gasteiger partial charge in [0.1, 0.15) is 5.82 Å². The topological polar surface area (TPSA) is 43.8 Å².